The Balaban J connectivity index is 3.11. The molecule has 0 atom stereocenters. The van der Waals surface area contributed by atoms with Crippen LogP contribution < -0.4 is 0 Å². The lowest BCUT2D eigenvalue weighted by molar-refractivity contribution is -0.144. The molecular weight excluding hydrogens is 180 g/mol. The number of unbranched alkanes of at least 4 members (excludes halogenated alkanes) is 2. The van der Waals surface area contributed by atoms with Gasteiger partial charge in [0.1, 0.15) is 0 Å². The second kappa shape index (κ2) is 10.5. The van der Waals surface area contributed by atoms with Gasteiger partial charge in [-0.25, -0.2) is 0 Å². The minimum absolute atomic E-state index is 0.0965. The molecule has 0 aromatic heterocycles. The second-order valence-corrected chi connectivity index (χ2v) is 3.23. The molecule has 0 fully saturated rings. The topological polar surface area (TPSA) is 35.5 Å². The van der Waals surface area contributed by atoms with Gasteiger partial charge in [-0.05, 0) is 19.8 Å². The first-order valence-corrected chi connectivity index (χ1v) is 5.54. The first kappa shape index (κ1) is 13.4. The highest BCUT2D eigenvalue weighted by atomic mass is 16.5. The molecule has 0 aromatic rings. The maximum atomic E-state index is 11.1. The van der Waals surface area contributed by atoms with Crippen molar-refractivity contribution in [3.63, 3.8) is 0 Å². The lowest BCUT2D eigenvalue weighted by atomic mass is 10.3. The lowest BCUT2D eigenvalue weighted by Crippen LogP contribution is -2.07. The number of carbonyl (C=O) groups is 1. The van der Waals surface area contributed by atoms with Crippen LogP contribution in [-0.4, -0.2) is 25.8 Å². The first-order valence-electron chi connectivity index (χ1n) is 5.54. The molecule has 14 heavy (non-hydrogen) atoms. The van der Waals surface area contributed by atoms with E-state index in [1.165, 1.54) is 0 Å². The summed E-state index contributed by atoms with van der Waals surface area (Å²) in [6.07, 6.45) is 4.51. The third-order valence-corrected chi connectivity index (χ3v) is 1.88. The van der Waals surface area contributed by atoms with Crippen LogP contribution in [0.4, 0.5) is 0 Å². The SMILES string of the molecule is CCCCCOC(=O)CCCOCC. The van der Waals surface area contributed by atoms with Crippen molar-refractivity contribution in [2.45, 2.75) is 46.0 Å². The third kappa shape index (κ3) is 9.52. The van der Waals surface area contributed by atoms with Crippen molar-refractivity contribution in [2.24, 2.45) is 0 Å². The Hall–Kier alpha value is -0.570. The number of ether oxygens (including phenoxy) is 2. The summed E-state index contributed by atoms with van der Waals surface area (Å²) >= 11 is 0. The number of hydrogen-bond donors (Lipinski definition) is 0. The maximum Gasteiger partial charge on any atom is 0.305 e. The van der Waals surface area contributed by atoms with Crippen LogP contribution in [0.15, 0.2) is 0 Å². The molecule has 0 aliphatic carbocycles. The van der Waals surface area contributed by atoms with Crippen molar-refractivity contribution in [1.82, 2.24) is 0 Å². The molecule has 0 amide bonds. The van der Waals surface area contributed by atoms with E-state index in [1.54, 1.807) is 0 Å². The van der Waals surface area contributed by atoms with E-state index in [4.69, 9.17) is 9.47 Å². The van der Waals surface area contributed by atoms with Gasteiger partial charge in [0.05, 0.1) is 6.61 Å². The maximum absolute atomic E-state index is 11.1. The van der Waals surface area contributed by atoms with Crippen LogP contribution in [0.5, 0.6) is 0 Å². The average Bonchev–Trinajstić information content (AvgIpc) is 2.19. The fourth-order valence-electron chi connectivity index (χ4n) is 1.07. The number of carbonyl (C=O) groups excluding carboxylic acids is 1. The zero-order valence-electron chi connectivity index (χ0n) is 9.38. The molecule has 3 nitrogen and oxygen atoms in total. The van der Waals surface area contributed by atoms with Crippen LogP contribution in [0.3, 0.4) is 0 Å². The number of esters is 1. The molecule has 0 unspecified atom stereocenters. The number of rotatable bonds is 9. The van der Waals surface area contributed by atoms with Crippen molar-refractivity contribution in [1.29, 1.82) is 0 Å². The Morgan fingerprint density at radius 2 is 1.86 bits per heavy atom. The first-order chi connectivity index (χ1) is 6.81. The molecule has 0 rings (SSSR count). The summed E-state index contributed by atoms with van der Waals surface area (Å²) in [7, 11) is 0. The highest BCUT2D eigenvalue weighted by Crippen LogP contribution is 1.98. The summed E-state index contributed by atoms with van der Waals surface area (Å²) in [5.41, 5.74) is 0. The molecular formula is C11H22O3. The van der Waals surface area contributed by atoms with Gasteiger partial charge in [-0.2, -0.15) is 0 Å². The standard InChI is InChI=1S/C11H22O3/c1-3-5-6-10-14-11(12)8-7-9-13-4-2/h3-10H2,1-2H3. The number of hydrogen-bond acceptors (Lipinski definition) is 3. The van der Waals surface area contributed by atoms with Crippen molar-refractivity contribution in [2.75, 3.05) is 19.8 Å². The molecule has 0 saturated carbocycles. The van der Waals surface area contributed by atoms with Crippen molar-refractivity contribution in [3.05, 3.63) is 0 Å². The van der Waals surface area contributed by atoms with Crippen LogP contribution in [-0.2, 0) is 14.3 Å². The summed E-state index contributed by atoms with van der Waals surface area (Å²) in [6.45, 7) is 6.01. The normalized spacial score (nSPS) is 10.1. The smallest absolute Gasteiger partial charge is 0.305 e. The summed E-state index contributed by atoms with van der Waals surface area (Å²) in [6, 6.07) is 0. The summed E-state index contributed by atoms with van der Waals surface area (Å²) in [5.74, 6) is -0.0965. The molecule has 3 heteroatoms. The molecule has 0 radical (unpaired) electrons. The molecule has 0 aliphatic rings. The van der Waals surface area contributed by atoms with Crippen LogP contribution in [0.1, 0.15) is 46.0 Å². The molecule has 0 bridgehead atoms. The van der Waals surface area contributed by atoms with E-state index in [1.807, 2.05) is 6.92 Å². The van der Waals surface area contributed by atoms with E-state index in [0.717, 1.165) is 25.7 Å². The second-order valence-electron chi connectivity index (χ2n) is 3.23. The highest BCUT2D eigenvalue weighted by molar-refractivity contribution is 5.69. The minimum atomic E-state index is -0.0965. The quantitative estimate of drug-likeness (QED) is 0.426. The van der Waals surface area contributed by atoms with E-state index >= 15 is 0 Å². The zero-order chi connectivity index (χ0) is 10.6. The van der Waals surface area contributed by atoms with Crippen LogP contribution in [0.25, 0.3) is 0 Å². The van der Waals surface area contributed by atoms with Gasteiger partial charge in [0.2, 0.25) is 0 Å². The summed E-state index contributed by atoms with van der Waals surface area (Å²) < 4.78 is 10.1. The van der Waals surface area contributed by atoms with Gasteiger partial charge in [-0.1, -0.05) is 19.8 Å². The van der Waals surface area contributed by atoms with Crippen LogP contribution >= 0.6 is 0 Å². The average molecular weight is 202 g/mol. The molecule has 0 spiro atoms. The molecule has 0 aliphatic heterocycles. The van der Waals surface area contributed by atoms with Crippen LogP contribution in [0.2, 0.25) is 0 Å². The Morgan fingerprint density at radius 3 is 2.50 bits per heavy atom. The van der Waals surface area contributed by atoms with Crippen molar-refractivity contribution in [3.8, 4) is 0 Å². The Labute approximate surface area is 86.8 Å². The minimum Gasteiger partial charge on any atom is -0.466 e. The predicted octanol–water partition coefficient (Wildman–Crippen LogP) is 2.54. The van der Waals surface area contributed by atoms with Gasteiger partial charge < -0.3 is 9.47 Å². The summed E-state index contributed by atoms with van der Waals surface area (Å²) in [4.78, 5) is 11.1. The van der Waals surface area contributed by atoms with Gasteiger partial charge in [0.25, 0.3) is 0 Å². The van der Waals surface area contributed by atoms with Gasteiger partial charge in [-0.15, -0.1) is 0 Å². The highest BCUT2D eigenvalue weighted by Gasteiger charge is 2.01. The molecule has 84 valence electrons. The largest absolute Gasteiger partial charge is 0.466 e. The van der Waals surface area contributed by atoms with Gasteiger partial charge in [0.15, 0.2) is 0 Å². The van der Waals surface area contributed by atoms with E-state index in [9.17, 15) is 4.79 Å². The molecule has 0 heterocycles. The van der Waals surface area contributed by atoms with E-state index in [0.29, 0.717) is 26.2 Å². The monoisotopic (exact) mass is 202 g/mol. The van der Waals surface area contributed by atoms with E-state index in [2.05, 4.69) is 6.92 Å². The Bertz CT molecular complexity index is 120. The van der Waals surface area contributed by atoms with Crippen molar-refractivity contribution < 1.29 is 14.3 Å². The predicted molar refractivity (Wildman–Crippen MR) is 56.2 cm³/mol. The summed E-state index contributed by atoms with van der Waals surface area (Å²) in [5, 5.41) is 0. The zero-order valence-corrected chi connectivity index (χ0v) is 9.38. The Kier molecular flexibility index (Phi) is 10.1. The fourth-order valence-corrected chi connectivity index (χ4v) is 1.07. The van der Waals surface area contributed by atoms with E-state index in [-0.39, 0.29) is 5.97 Å². The molecule has 0 N–H and O–H groups in total. The Morgan fingerprint density at radius 1 is 1.07 bits per heavy atom. The lowest BCUT2D eigenvalue weighted by Gasteiger charge is -2.04. The molecule has 0 saturated heterocycles. The van der Waals surface area contributed by atoms with Gasteiger partial charge in [0, 0.05) is 19.6 Å². The third-order valence-electron chi connectivity index (χ3n) is 1.88. The van der Waals surface area contributed by atoms with E-state index < -0.39 is 0 Å². The van der Waals surface area contributed by atoms with Crippen molar-refractivity contribution >= 4 is 5.97 Å². The van der Waals surface area contributed by atoms with Gasteiger partial charge >= 0.3 is 5.97 Å². The van der Waals surface area contributed by atoms with Crippen LogP contribution in [0, 0.1) is 0 Å². The molecule has 0 aromatic carbocycles. The fraction of sp³-hybridized carbons (Fsp3) is 0.909. The van der Waals surface area contributed by atoms with Gasteiger partial charge in [-0.3, -0.25) is 4.79 Å².